The van der Waals surface area contributed by atoms with Crippen LogP contribution in [0.5, 0.6) is 11.5 Å². The fourth-order valence-electron chi connectivity index (χ4n) is 3.67. The number of rotatable bonds is 6. The summed E-state index contributed by atoms with van der Waals surface area (Å²) in [4.78, 5) is 28.4. The summed E-state index contributed by atoms with van der Waals surface area (Å²) in [5.41, 5.74) is 0. The number of hydrogen-bond acceptors (Lipinski definition) is 6. The van der Waals surface area contributed by atoms with Crippen molar-refractivity contribution in [2.24, 2.45) is 0 Å². The predicted octanol–water partition coefficient (Wildman–Crippen LogP) is 1.00. The molecule has 176 valence electrons. The number of nitrogens with one attached hydrogen (secondary N) is 1. The molecule has 1 saturated heterocycles. The van der Waals surface area contributed by atoms with Crippen molar-refractivity contribution in [2.75, 3.05) is 39.3 Å². The summed E-state index contributed by atoms with van der Waals surface area (Å²) in [5, 5.41) is 0. The third-order valence-corrected chi connectivity index (χ3v) is 6.96. The van der Waals surface area contributed by atoms with E-state index in [1.165, 1.54) is 0 Å². The van der Waals surface area contributed by atoms with Crippen LogP contribution in [0.25, 0.3) is 0 Å². The zero-order valence-corrected chi connectivity index (χ0v) is 18.6. The maximum absolute atomic E-state index is 13.0. The van der Waals surface area contributed by atoms with E-state index in [1.54, 1.807) is 28.0 Å². The molecule has 0 bridgehead atoms. The molecule has 1 fully saturated rings. The number of hydrogen-bond donors (Lipinski definition) is 1. The second kappa shape index (κ2) is 9.75. The number of piperazine rings is 1. The first-order valence-electron chi connectivity index (χ1n) is 10.5. The van der Waals surface area contributed by atoms with Crippen LogP contribution in [0.3, 0.4) is 0 Å². The summed E-state index contributed by atoms with van der Waals surface area (Å²) < 4.78 is 51.1. The average molecular weight is 478 g/mol. The Morgan fingerprint density at radius 3 is 2.30 bits per heavy atom. The third kappa shape index (κ3) is 5.42. The van der Waals surface area contributed by atoms with Gasteiger partial charge in [-0.3, -0.25) is 9.59 Å². The van der Waals surface area contributed by atoms with Crippen LogP contribution in [0, 0.1) is 5.82 Å². The van der Waals surface area contributed by atoms with Gasteiger partial charge in [0.05, 0.1) is 4.90 Å². The molecule has 1 N–H and O–H groups in total. The monoisotopic (exact) mass is 477 g/mol. The highest BCUT2D eigenvalue weighted by molar-refractivity contribution is 7.89. The normalized spacial score (nSPS) is 18.2. The van der Waals surface area contributed by atoms with Gasteiger partial charge >= 0.3 is 0 Å². The van der Waals surface area contributed by atoms with Crippen LogP contribution in [0.1, 0.15) is 6.42 Å². The Morgan fingerprint density at radius 1 is 0.970 bits per heavy atom. The van der Waals surface area contributed by atoms with Gasteiger partial charge in [-0.05, 0) is 36.4 Å². The highest BCUT2D eigenvalue weighted by Gasteiger charge is 2.33. The minimum atomic E-state index is -3.82. The van der Waals surface area contributed by atoms with Crippen molar-refractivity contribution >= 4 is 21.8 Å². The summed E-state index contributed by atoms with van der Waals surface area (Å²) >= 11 is 0. The number of ether oxygens (including phenoxy) is 2. The van der Waals surface area contributed by atoms with Crippen LogP contribution < -0.4 is 14.2 Å². The molecule has 9 nitrogen and oxygen atoms in total. The zero-order chi connectivity index (χ0) is 23.4. The van der Waals surface area contributed by atoms with Crippen LogP contribution in [-0.4, -0.2) is 75.5 Å². The molecule has 2 aliphatic rings. The number of nitrogens with zero attached hydrogens (tertiary/aromatic N) is 2. The lowest BCUT2D eigenvalue weighted by Gasteiger charge is -2.37. The first kappa shape index (κ1) is 23.0. The van der Waals surface area contributed by atoms with Gasteiger partial charge in [0.25, 0.3) is 5.91 Å². The molecule has 0 saturated carbocycles. The first-order valence-corrected chi connectivity index (χ1v) is 12.0. The molecule has 33 heavy (non-hydrogen) atoms. The molecule has 2 aromatic rings. The first-order chi connectivity index (χ1) is 15.8. The minimum absolute atomic E-state index is 0.0231. The van der Waals surface area contributed by atoms with Crippen LogP contribution in [0.15, 0.2) is 53.4 Å². The fraction of sp³-hybridized carbons (Fsp3) is 0.364. The quantitative estimate of drug-likeness (QED) is 0.666. The Kier molecular flexibility index (Phi) is 6.80. The summed E-state index contributed by atoms with van der Waals surface area (Å²) in [6.07, 6.45) is -0.756. The van der Waals surface area contributed by atoms with Gasteiger partial charge in [0.2, 0.25) is 22.0 Å². The molecular formula is C22H24FN3O6S. The number of halogens is 1. The van der Waals surface area contributed by atoms with Crippen LogP contribution in [0.4, 0.5) is 4.39 Å². The van der Waals surface area contributed by atoms with Gasteiger partial charge < -0.3 is 19.3 Å². The van der Waals surface area contributed by atoms with E-state index < -0.39 is 21.9 Å². The minimum Gasteiger partial charge on any atom is -0.485 e. The highest BCUT2D eigenvalue weighted by atomic mass is 32.2. The van der Waals surface area contributed by atoms with Crippen LogP contribution >= 0.6 is 0 Å². The van der Waals surface area contributed by atoms with E-state index in [-0.39, 0.29) is 36.3 Å². The van der Waals surface area contributed by atoms with Crippen LogP contribution in [0.2, 0.25) is 0 Å². The van der Waals surface area contributed by atoms with Gasteiger partial charge in [-0.1, -0.05) is 12.1 Å². The smallest absolute Gasteiger partial charge is 0.267 e. The largest absolute Gasteiger partial charge is 0.485 e. The van der Waals surface area contributed by atoms with Gasteiger partial charge in [0.1, 0.15) is 12.4 Å². The van der Waals surface area contributed by atoms with E-state index in [1.807, 2.05) is 6.07 Å². The Labute approximate surface area is 191 Å². The topological polar surface area (TPSA) is 105 Å². The molecule has 2 amide bonds. The molecule has 2 aromatic carbocycles. The van der Waals surface area contributed by atoms with Gasteiger partial charge in [0.15, 0.2) is 11.5 Å². The number of amides is 2. The van der Waals surface area contributed by atoms with Crippen molar-refractivity contribution in [2.45, 2.75) is 17.4 Å². The number of carbonyl (C=O) groups is 2. The third-order valence-electron chi connectivity index (χ3n) is 5.48. The SMILES string of the molecule is O=C(CCNS(=O)(=O)c1ccc(F)cc1)N1CCN(C(=O)[C@@H]2COc3ccccc3O2)CC1. The number of benzene rings is 2. The van der Waals surface area contributed by atoms with Gasteiger partial charge in [-0.2, -0.15) is 0 Å². The molecule has 1 atom stereocenters. The lowest BCUT2D eigenvalue weighted by atomic mass is 10.2. The molecule has 11 heteroatoms. The maximum Gasteiger partial charge on any atom is 0.267 e. The van der Waals surface area contributed by atoms with Crippen molar-refractivity contribution in [1.82, 2.24) is 14.5 Å². The molecule has 0 aromatic heterocycles. The van der Waals surface area contributed by atoms with Crippen molar-refractivity contribution < 1.29 is 31.9 Å². The van der Waals surface area contributed by atoms with E-state index in [9.17, 15) is 22.4 Å². The van der Waals surface area contributed by atoms with Gasteiger partial charge in [0, 0.05) is 39.1 Å². The van der Waals surface area contributed by atoms with E-state index in [4.69, 9.17) is 9.47 Å². The summed E-state index contributed by atoms with van der Waals surface area (Å²) in [6, 6.07) is 11.6. The number of carbonyl (C=O) groups excluding carboxylic acids is 2. The molecule has 2 heterocycles. The van der Waals surface area contributed by atoms with Gasteiger partial charge in [-0.25, -0.2) is 17.5 Å². The number of para-hydroxylation sites is 2. The molecule has 0 spiro atoms. The molecule has 0 aliphatic carbocycles. The second-order valence-corrected chi connectivity index (χ2v) is 9.44. The average Bonchev–Trinajstić information content (AvgIpc) is 2.83. The summed E-state index contributed by atoms with van der Waals surface area (Å²) in [7, 11) is -3.82. The Bertz CT molecular complexity index is 1120. The molecule has 4 rings (SSSR count). The van der Waals surface area contributed by atoms with Crippen molar-refractivity contribution in [3.05, 3.63) is 54.3 Å². The van der Waals surface area contributed by atoms with Crippen LogP contribution in [-0.2, 0) is 19.6 Å². The van der Waals surface area contributed by atoms with Gasteiger partial charge in [-0.15, -0.1) is 0 Å². The highest BCUT2D eigenvalue weighted by Crippen LogP contribution is 2.31. The summed E-state index contributed by atoms with van der Waals surface area (Å²) in [5.74, 6) is 0.193. The van der Waals surface area contributed by atoms with E-state index in [0.29, 0.717) is 37.7 Å². The lowest BCUT2D eigenvalue weighted by Crippen LogP contribution is -2.55. The standard InChI is InChI=1S/C22H24FN3O6S/c23-16-5-7-17(8-6-16)33(29,30)24-10-9-21(27)25-11-13-26(14-12-25)22(28)20-15-31-18-3-1-2-4-19(18)32-20/h1-8,20,24H,9-15H2/t20-/m0/s1. The van der Waals surface area contributed by atoms with E-state index in [2.05, 4.69) is 4.72 Å². The molecule has 0 unspecified atom stereocenters. The second-order valence-electron chi connectivity index (χ2n) is 7.67. The molecule has 0 radical (unpaired) electrons. The molecule has 2 aliphatic heterocycles. The number of fused-ring (bicyclic) bond motifs is 1. The summed E-state index contributed by atoms with van der Waals surface area (Å²) in [6.45, 7) is 1.45. The zero-order valence-electron chi connectivity index (χ0n) is 17.8. The predicted molar refractivity (Wildman–Crippen MR) is 116 cm³/mol. The van der Waals surface area contributed by atoms with Crippen molar-refractivity contribution in [1.29, 1.82) is 0 Å². The lowest BCUT2D eigenvalue weighted by molar-refractivity contribution is -0.146. The van der Waals surface area contributed by atoms with E-state index >= 15 is 0 Å². The van der Waals surface area contributed by atoms with Crippen molar-refractivity contribution in [3.8, 4) is 11.5 Å². The Hall–Kier alpha value is -3.18. The van der Waals surface area contributed by atoms with Crippen molar-refractivity contribution in [3.63, 3.8) is 0 Å². The fourth-order valence-corrected chi connectivity index (χ4v) is 4.70. The molecular weight excluding hydrogens is 453 g/mol. The Balaban J connectivity index is 1.22. The Morgan fingerprint density at radius 2 is 1.61 bits per heavy atom. The maximum atomic E-state index is 13.0. The number of sulfonamides is 1. The van der Waals surface area contributed by atoms with E-state index in [0.717, 1.165) is 24.3 Å².